The number of benzene rings is 2. The van der Waals surface area contributed by atoms with E-state index in [0.717, 1.165) is 11.0 Å². The Balaban J connectivity index is 1.69. The highest BCUT2D eigenvalue weighted by Crippen LogP contribution is 2.19. The van der Waals surface area contributed by atoms with Crippen LogP contribution in [0.25, 0.3) is 0 Å². The van der Waals surface area contributed by atoms with Gasteiger partial charge in [-0.1, -0.05) is 11.6 Å². The Morgan fingerprint density at radius 2 is 1.92 bits per heavy atom. The van der Waals surface area contributed by atoms with Crippen molar-refractivity contribution >= 4 is 35.2 Å². The maximum atomic E-state index is 13.8. The molecule has 1 N–H and O–H groups in total. The van der Waals surface area contributed by atoms with Crippen LogP contribution >= 0.6 is 23.4 Å². The van der Waals surface area contributed by atoms with Gasteiger partial charge in [-0.25, -0.2) is 9.18 Å². The summed E-state index contributed by atoms with van der Waals surface area (Å²) in [5.41, 5.74) is -0.253. The summed E-state index contributed by atoms with van der Waals surface area (Å²) < 4.78 is 23.4. The molecule has 138 valence electrons. The molecule has 5 nitrogen and oxygen atoms in total. The smallest absolute Gasteiger partial charge is 0.341 e. The second kappa shape index (κ2) is 10.0. The average molecular weight is 398 g/mol. The van der Waals surface area contributed by atoms with Crippen molar-refractivity contribution in [2.24, 2.45) is 0 Å². The average Bonchev–Trinajstić information content (AvgIpc) is 2.64. The third-order valence-corrected chi connectivity index (χ3v) is 4.50. The minimum absolute atomic E-state index is 0.253. The van der Waals surface area contributed by atoms with Gasteiger partial charge in [-0.15, -0.1) is 11.8 Å². The third kappa shape index (κ3) is 6.24. The summed E-state index contributed by atoms with van der Waals surface area (Å²) in [6, 6.07) is 11.1. The molecule has 0 aliphatic carbocycles. The molecule has 0 aliphatic heterocycles. The zero-order valence-corrected chi connectivity index (χ0v) is 15.5. The van der Waals surface area contributed by atoms with Crippen molar-refractivity contribution in [3.8, 4) is 5.75 Å². The van der Waals surface area contributed by atoms with Crippen molar-refractivity contribution in [2.75, 3.05) is 26.0 Å². The van der Waals surface area contributed by atoms with Crippen molar-refractivity contribution < 1.29 is 23.5 Å². The molecule has 0 spiro atoms. The highest BCUT2D eigenvalue weighted by atomic mass is 35.5. The van der Waals surface area contributed by atoms with E-state index in [9.17, 15) is 14.0 Å². The van der Waals surface area contributed by atoms with Gasteiger partial charge in [-0.3, -0.25) is 4.79 Å². The van der Waals surface area contributed by atoms with E-state index < -0.39 is 24.3 Å². The minimum atomic E-state index is -0.907. The van der Waals surface area contributed by atoms with Crippen LogP contribution in [0.1, 0.15) is 10.4 Å². The lowest BCUT2D eigenvalue weighted by atomic mass is 10.2. The quantitative estimate of drug-likeness (QED) is 0.419. The van der Waals surface area contributed by atoms with Gasteiger partial charge in [0.1, 0.15) is 11.6 Å². The fourth-order valence-electron chi connectivity index (χ4n) is 1.94. The fraction of sp³-hybridized carbons (Fsp3) is 0.222. The molecule has 0 unspecified atom stereocenters. The van der Waals surface area contributed by atoms with Gasteiger partial charge in [0.15, 0.2) is 6.61 Å². The summed E-state index contributed by atoms with van der Waals surface area (Å²) in [5, 5.41) is 3.29. The number of halogens is 2. The second-order valence-corrected chi connectivity index (χ2v) is 6.68. The van der Waals surface area contributed by atoms with E-state index in [0.29, 0.717) is 17.3 Å². The molecule has 0 saturated heterocycles. The first-order valence-corrected chi connectivity index (χ1v) is 9.01. The second-order valence-electron chi connectivity index (χ2n) is 5.07. The van der Waals surface area contributed by atoms with Crippen LogP contribution in [-0.2, 0) is 9.53 Å². The Kier molecular flexibility index (Phi) is 7.74. The maximum absolute atomic E-state index is 13.8. The first kappa shape index (κ1) is 20.1. The van der Waals surface area contributed by atoms with Crippen molar-refractivity contribution in [1.82, 2.24) is 5.32 Å². The lowest BCUT2D eigenvalue weighted by molar-refractivity contribution is -0.124. The Bertz CT molecular complexity index is 770. The number of thioether (sulfide) groups is 1. The lowest BCUT2D eigenvalue weighted by Gasteiger charge is -2.08. The van der Waals surface area contributed by atoms with Crippen LogP contribution < -0.4 is 10.1 Å². The Labute approximate surface area is 159 Å². The topological polar surface area (TPSA) is 64.6 Å². The molecule has 0 heterocycles. The number of ether oxygens (including phenoxy) is 2. The van der Waals surface area contributed by atoms with Crippen molar-refractivity contribution in [1.29, 1.82) is 0 Å². The van der Waals surface area contributed by atoms with Gasteiger partial charge in [0.25, 0.3) is 5.91 Å². The number of nitrogens with one attached hydrogen (secondary N) is 1. The largest absolute Gasteiger partial charge is 0.497 e. The van der Waals surface area contributed by atoms with Gasteiger partial charge in [0, 0.05) is 28.3 Å². The number of rotatable bonds is 8. The predicted octanol–water partition coefficient (Wildman–Crippen LogP) is 3.55. The van der Waals surface area contributed by atoms with Crippen LogP contribution in [0.4, 0.5) is 4.39 Å². The molecule has 0 saturated carbocycles. The molecule has 26 heavy (non-hydrogen) atoms. The fourth-order valence-corrected chi connectivity index (χ4v) is 2.83. The van der Waals surface area contributed by atoms with Crippen LogP contribution in [0.5, 0.6) is 5.75 Å². The van der Waals surface area contributed by atoms with Gasteiger partial charge in [0.2, 0.25) is 0 Å². The molecule has 8 heteroatoms. The minimum Gasteiger partial charge on any atom is -0.497 e. The monoisotopic (exact) mass is 397 g/mol. The van der Waals surface area contributed by atoms with Gasteiger partial charge in [-0.2, -0.15) is 0 Å². The van der Waals surface area contributed by atoms with E-state index in [4.69, 9.17) is 21.1 Å². The summed E-state index contributed by atoms with van der Waals surface area (Å²) in [5.74, 6) is -1.20. The van der Waals surface area contributed by atoms with Crippen molar-refractivity contribution in [3.05, 3.63) is 58.9 Å². The Morgan fingerprint density at radius 3 is 2.58 bits per heavy atom. The molecule has 2 aromatic rings. The first-order chi connectivity index (χ1) is 12.5. The SMILES string of the molecule is COc1ccc(C(=O)OCC(=O)NCCSc2ccc(Cl)cc2)c(F)c1. The summed E-state index contributed by atoms with van der Waals surface area (Å²) in [6.45, 7) is -0.0729. The summed E-state index contributed by atoms with van der Waals surface area (Å²) in [4.78, 5) is 24.5. The van der Waals surface area contributed by atoms with Crippen LogP contribution in [0, 0.1) is 5.82 Å². The zero-order chi connectivity index (χ0) is 18.9. The Hall–Kier alpha value is -2.25. The van der Waals surface area contributed by atoms with Gasteiger partial charge < -0.3 is 14.8 Å². The molecule has 0 atom stereocenters. The molecule has 0 aromatic heterocycles. The number of carbonyl (C=O) groups excluding carboxylic acids is 2. The number of esters is 1. The van der Waals surface area contributed by atoms with Gasteiger partial charge >= 0.3 is 5.97 Å². The summed E-state index contributed by atoms with van der Waals surface area (Å²) in [7, 11) is 1.39. The van der Waals surface area contributed by atoms with E-state index in [1.165, 1.54) is 19.2 Å². The van der Waals surface area contributed by atoms with Gasteiger partial charge in [0.05, 0.1) is 12.7 Å². The molecule has 0 bridgehead atoms. The van der Waals surface area contributed by atoms with Crippen LogP contribution in [0.15, 0.2) is 47.4 Å². The molecule has 0 radical (unpaired) electrons. The number of amides is 1. The maximum Gasteiger partial charge on any atom is 0.341 e. The molecule has 0 fully saturated rings. The standard InChI is InChI=1S/C18H17ClFNO4S/c1-24-13-4-7-15(16(20)10-13)18(23)25-11-17(22)21-8-9-26-14-5-2-12(19)3-6-14/h2-7,10H,8-9,11H2,1H3,(H,21,22). The summed E-state index contributed by atoms with van der Waals surface area (Å²) in [6.07, 6.45) is 0. The van der Waals surface area contributed by atoms with E-state index in [-0.39, 0.29) is 11.3 Å². The number of methoxy groups -OCH3 is 1. The van der Waals surface area contributed by atoms with Crippen molar-refractivity contribution in [2.45, 2.75) is 4.90 Å². The van der Waals surface area contributed by atoms with E-state index in [1.54, 1.807) is 23.9 Å². The van der Waals surface area contributed by atoms with Crippen LogP contribution in [0.3, 0.4) is 0 Å². The summed E-state index contributed by atoms with van der Waals surface area (Å²) >= 11 is 7.36. The normalized spacial score (nSPS) is 10.3. The lowest BCUT2D eigenvalue weighted by Crippen LogP contribution is -2.30. The predicted molar refractivity (Wildman–Crippen MR) is 98.4 cm³/mol. The van der Waals surface area contributed by atoms with Gasteiger partial charge in [-0.05, 0) is 36.4 Å². The van der Waals surface area contributed by atoms with E-state index in [2.05, 4.69) is 5.32 Å². The molecular formula is C18H17ClFNO4S. The van der Waals surface area contributed by atoms with Crippen LogP contribution in [-0.4, -0.2) is 37.9 Å². The number of hydrogen-bond acceptors (Lipinski definition) is 5. The third-order valence-electron chi connectivity index (χ3n) is 3.24. The highest BCUT2D eigenvalue weighted by Gasteiger charge is 2.15. The number of hydrogen-bond donors (Lipinski definition) is 1. The van der Waals surface area contributed by atoms with Crippen molar-refractivity contribution in [3.63, 3.8) is 0 Å². The molecular weight excluding hydrogens is 381 g/mol. The molecule has 2 rings (SSSR count). The van der Waals surface area contributed by atoms with Crippen LogP contribution in [0.2, 0.25) is 5.02 Å². The molecule has 1 amide bonds. The number of carbonyl (C=O) groups is 2. The first-order valence-electron chi connectivity index (χ1n) is 7.65. The van der Waals surface area contributed by atoms with E-state index in [1.807, 2.05) is 12.1 Å². The molecule has 2 aromatic carbocycles. The zero-order valence-electron chi connectivity index (χ0n) is 14.0. The Morgan fingerprint density at radius 1 is 1.19 bits per heavy atom. The molecule has 0 aliphatic rings. The highest BCUT2D eigenvalue weighted by molar-refractivity contribution is 7.99. The van der Waals surface area contributed by atoms with E-state index >= 15 is 0 Å².